The quantitative estimate of drug-likeness (QED) is 0.417. The Morgan fingerprint density at radius 2 is 1.86 bits per heavy atom. The minimum Gasteiger partial charge on any atom is -0.334 e. The van der Waals surface area contributed by atoms with Gasteiger partial charge in [-0.25, -0.2) is 13.6 Å². The van der Waals surface area contributed by atoms with E-state index in [4.69, 9.17) is 0 Å². The van der Waals surface area contributed by atoms with E-state index in [1.807, 2.05) is 6.07 Å². The van der Waals surface area contributed by atoms with Crippen molar-refractivity contribution >= 4 is 45.3 Å². The van der Waals surface area contributed by atoms with Crippen molar-refractivity contribution < 1.29 is 13.6 Å². The van der Waals surface area contributed by atoms with Crippen LogP contribution in [0, 0.1) is 11.6 Å². The highest BCUT2D eigenvalue weighted by molar-refractivity contribution is 9.10. The first-order valence-corrected chi connectivity index (χ1v) is 9.73. The smallest absolute Gasteiger partial charge is 0.319 e. The van der Waals surface area contributed by atoms with Crippen LogP contribution in [0.5, 0.6) is 0 Å². The van der Waals surface area contributed by atoms with Gasteiger partial charge in [0.2, 0.25) is 0 Å². The van der Waals surface area contributed by atoms with Crippen molar-refractivity contribution in [1.82, 2.24) is 10.3 Å². The van der Waals surface area contributed by atoms with Crippen LogP contribution in [0.1, 0.15) is 5.56 Å². The average Bonchev–Trinajstić information content (AvgIpc) is 2.67. The predicted octanol–water partition coefficient (Wildman–Crippen LogP) is 5.56. The minimum atomic E-state index is -0.659. The zero-order chi connectivity index (χ0) is 19.9. The van der Waals surface area contributed by atoms with Crippen molar-refractivity contribution in [1.29, 1.82) is 0 Å². The van der Waals surface area contributed by atoms with Gasteiger partial charge in [0.25, 0.3) is 0 Å². The van der Waals surface area contributed by atoms with Crippen molar-refractivity contribution in [2.75, 3.05) is 10.0 Å². The molecule has 144 valence electrons. The van der Waals surface area contributed by atoms with Gasteiger partial charge in [0, 0.05) is 40.9 Å². The standard InChI is InChI=1S/C19H15BrF2N4OS/c20-16-8-13(21)9-17(22)18(16)28-26-15-5-3-14(4-6-15)25-19(27)24-11-12-2-1-7-23-10-12/h1-10,26H,11H2,(H2,24,25,27). The molecule has 5 nitrogen and oxygen atoms in total. The summed E-state index contributed by atoms with van der Waals surface area (Å²) in [6.07, 6.45) is 3.35. The van der Waals surface area contributed by atoms with Crippen LogP contribution in [-0.2, 0) is 6.54 Å². The van der Waals surface area contributed by atoms with E-state index in [1.54, 1.807) is 42.7 Å². The third-order valence-corrected chi connectivity index (χ3v) is 5.40. The normalized spacial score (nSPS) is 10.4. The fraction of sp³-hybridized carbons (Fsp3) is 0.0526. The molecule has 0 unspecified atom stereocenters. The average molecular weight is 465 g/mol. The minimum absolute atomic E-state index is 0.249. The number of hydrogen-bond acceptors (Lipinski definition) is 4. The Hall–Kier alpha value is -2.65. The third kappa shape index (κ3) is 5.67. The fourth-order valence-corrected chi connectivity index (χ4v) is 3.54. The number of aromatic nitrogens is 1. The molecular formula is C19H15BrF2N4OS. The van der Waals surface area contributed by atoms with Crippen LogP contribution in [0.25, 0.3) is 0 Å². The molecule has 2 amide bonds. The molecule has 0 aliphatic carbocycles. The van der Waals surface area contributed by atoms with Crippen LogP contribution in [0.15, 0.2) is 70.3 Å². The Morgan fingerprint density at radius 3 is 2.54 bits per heavy atom. The maximum absolute atomic E-state index is 13.8. The summed E-state index contributed by atoms with van der Waals surface area (Å²) in [5, 5.41) is 5.46. The van der Waals surface area contributed by atoms with E-state index in [1.165, 1.54) is 6.07 Å². The SMILES string of the molecule is O=C(NCc1cccnc1)Nc1ccc(NSc2c(F)cc(F)cc2Br)cc1. The molecule has 0 radical (unpaired) electrons. The number of benzene rings is 2. The largest absolute Gasteiger partial charge is 0.334 e. The lowest BCUT2D eigenvalue weighted by molar-refractivity contribution is 0.251. The molecule has 9 heteroatoms. The first kappa shape index (κ1) is 20.1. The second-order valence-electron chi connectivity index (χ2n) is 5.65. The van der Waals surface area contributed by atoms with Crippen LogP contribution >= 0.6 is 27.9 Å². The van der Waals surface area contributed by atoms with Gasteiger partial charge in [-0.2, -0.15) is 0 Å². The van der Waals surface area contributed by atoms with E-state index in [9.17, 15) is 13.6 Å². The number of nitrogens with zero attached hydrogens (tertiary/aromatic N) is 1. The number of carbonyl (C=O) groups excluding carboxylic acids is 1. The molecule has 2 aromatic carbocycles. The highest BCUT2D eigenvalue weighted by atomic mass is 79.9. The summed E-state index contributed by atoms with van der Waals surface area (Å²) in [7, 11) is 0. The van der Waals surface area contributed by atoms with Gasteiger partial charge < -0.3 is 15.4 Å². The van der Waals surface area contributed by atoms with Crippen LogP contribution in [0.4, 0.5) is 25.0 Å². The summed E-state index contributed by atoms with van der Waals surface area (Å²) < 4.78 is 30.3. The summed E-state index contributed by atoms with van der Waals surface area (Å²) in [5.41, 5.74) is 2.20. The van der Waals surface area contributed by atoms with Gasteiger partial charge in [-0.3, -0.25) is 4.98 Å². The molecule has 3 rings (SSSR count). The number of hydrogen-bond donors (Lipinski definition) is 3. The molecule has 1 heterocycles. The molecule has 0 saturated carbocycles. The number of nitrogens with one attached hydrogen (secondary N) is 3. The Morgan fingerprint density at radius 1 is 1.11 bits per heavy atom. The van der Waals surface area contributed by atoms with E-state index in [0.29, 0.717) is 22.4 Å². The zero-order valence-corrected chi connectivity index (χ0v) is 16.8. The van der Waals surface area contributed by atoms with Crippen molar-refractivity contribution in [3.8, 4) is 0 Å². The van der Waals surface area contributed by atoms with Crippen molar-refractivity contribution in [3.63, 3.8) is 0 Å². The van der Waals surface area contributed by atoms with Gasteiger partial charge in [-0.05, 0) is 69.8 Å². The molecule has 0 saturated heterocycles. The Labute approximate surface area is 173 Å². The summed E-state index contributed by atoms with van der Waals surface area (Å²) in [6.45, 7) is 0.369. The molecule has 0 aliphatic heterocycles. The van der Waals surface area contributed by atoms with E-state index < -0.39 is 11.6 Å². The molecule has 0 atom stereocenters. The molecule has 1 aromatic heterocycles. The van der Waals surface area contributed by atoms with Gasteiger partial charge in [0.1, 0.15) is 11.6 Å². The van der Waals surface area contributed by atoms with Crippen molar-refractivity contribution in [2.24, 2.45) is 0 Å². The number of rotatable bonds is 6. The number of urea groups is 1. The highest BCUT2D eigenvalue weighted by Gasteiger charge is 2.10. The number of amides is 2. The molecular weight excluding hydrogens is 450 g/mol. The lowest BCUT2D eigenvalue weighted by atomic mass is 10.3. The topological polar surface area (TPSA) is 66.0 Å². The molecule has 3 N–H and O–H groups in total. The monoisotopic (exact) mass is 464 g/mol. The Balaban J connectivity index is 1.51. The van der Waals surface area contributed by atoms with Crippen LogP contribution < -0.4 is 15.4 Å². The lowest BCUT2D eigenvalue weighted by Gasteiger charge is -2.10. The van der Waals surface area contributed by atoms with Crippen molar-refractivity contribution in [2.45, 2.75) is 11.4 Å². The van der Waals surface area contributed by atoms with Gasteiger partial charge in [-0.15, -0.1) is 0 Å². The first-order valence-electron chi connectivity index (χ1n) is 8.12. The Kier molecular flexibility index (Phi) is 6.83. The zero-order valence-electron chi connectivity index (χ0n) is 14.4. The van der Waals surface area contributed by atoms with Crippen molar-refractivity contribution in [3.05, 3.63) is 82.6 Å². The first-order chi connectivity index (χ1) is 13.5. The molecule has 0 spiro atoms. The summed E-state index contributed by atoms with van der Waals surface area (Å²) >= 11 is 4.16. The molecule has 0 aliphatic rings. The van der Waals surface area contributed by atoms with Crippen LogP contribution in [0.2, 0.25) is 0 Å². The van der Waals surface area contributed by atoms with Gasteiger partial charge in [-0.1, -0.05) is 6.07 Å². The maximum Gasteiger partial charge on any atom is 0.319 e. The van der Waals surface area contributed by atoms with Crippen LogP contribution in [-0.4, -0.2) is 11.0 Å². The van der Waals surface area contributed by atoms with Gasteiger partial charge >= 0.3 is 6.03 Å². The molecule has 0 bridgehead atoms. The number of pyridine rings is 1. The molecule has 28 heavy (non-hydrogen) atoms. The number of halogens is 3. The second kappa shape index (κ2) is 9.52. The summed E-state index contributed by atoms with van der Waals surface area (Å²) in [5.74, 6) is -1.31. The summed E-state index contributed by atoms with van der Waals surface area (Å²) in [6, 6.07) is 12.2. The molecule has 0 fully saturated rings. The van der Waals surface area contributed by atoms with E-state index in [2.05, 4.69) is 36.3 Å². The van der Waals surface area contributed by atoms with Gasteiger partial charge in [0.15, 0.2) is 0 Å². The fourth-order valence-electron chi connectivity index (χ4n) is 2.22. The second-order valence-corrected chi connectivity index (χ2v) is 7.32. The summed E-state index contributed by atoms with van der Waals surface area (Å²) in [4.78, 5) is 16.2. The predicted molar refractivity (Wildman–Crippen MR) is 110 cm³/mol. The maximum atomic E-state index is 13.8. The van der Waals surface area contributed by atoms with E-state index >= 15 is 0 Å². The molecule has 3 aromatic rings. The lowest BCUT2D eigenvalue weighted by Crippen LogP contribution is -2.28. The third-order valence-electron chi connectivity index (χ3n) is 3.55. The highest BCUT2D eigenvalue weighted by Crippen LogP contribution is 2.32. The number of carbonyl (C=O) groups is 1. The van der Waals surface area contributed by atoms with E-state index in [0.717, 1.165) is 23.6 Å². The Bertz CT molecular complexity index is 935. The number of anilines is 2. The van der Waals surface area contributed by atoms with Crippen LogP contribution in [0.3, 0.4) is 0 Å². The van der Waals surface area contributed by atoms with Gasteiger partial charge in [0.05, 0.1) is 4.90 Å². The van der Waals surface area contributed by atoms with E-state index in [-0.39, 0.29) is 10.9 Å².